The second-order valence-electron chi connectivity index (χ2n) is 2.77. The summed E-state index contributed by atoms with van der Waals surface area (Å²) >= 11 is 0. The lowest BCUT2D eigenvalue weighted by molar-refractivity contribution is -0.447. The van der Waals surface area contributed by atoms with Gasteiger partial charge < -0.3 is 10.9 Å². The van der Waals surface area contributed by atoms with Crippen LogP contribution < -0.4 is 16.6 Å². The molecule has 13 heavy (non-hydrogen) atoms. The lowest BCUT2D eigenvalue weighted by atomic mass is 10.2. The molecule has 0 heterocycles. The van der Waals surface area contributed by atoms with E-state index in [9.17, 15) is 5.21 Å². The zero-order valence-electron chi connectivity index (χ0n) is 7.88. The van der Waals surface area contributed by atoms with Crippen molar-refractivity contribution in [2.45, 2.75) is 6.42 Å². The molecule has 5 nitrogen and oxygen atoms in total. The Balaban J connectivity index is 3.25. The normalized spacial score (nSPS) is 9.92. The largest absolute Gasteiger partial charge is 0.624 e. The van der Waals surface area contributed by atoms with Crippen LogP contribution in [0.2, 0.25) is 0 Å². The van der Waals surface area contributed by atoms with Crippen molar-refractivity contribution in [3.63, 3.8) is 0 Å². The van der Waals surface area contributed by atoms with E-state index in [1.165, 1.54) is 0 Å². The van der Waals surface area contributed by atoms with E-state index >= 15 is 0 Å². The summed E-state index contributed by atoms with van der Waals surface area (Å²) in [6.07, 6.45) is 0.657. The summed E-state index contributed by atoms with van der Waals surface area (Å²) in [5, 5.41) is 10.4. The summed E-state index contributed by atoms with van der Waals surface area (Å²) in [7, 11) is 0. The van der Waals surface area contributed by atoms with E-state index in [1.807, 2.05) is 0 Å². The predicted molar refractivity (Wildman–Crippen MR) is 54.4 cm³/mol. The maximum absolute atomic E-state index is 10.4. The van der Waals surface area contributed by atoms with Crippen LogP contribution in [0.25, 0.3) is 0 Å². The third-order valence-electron chi connectivity index (χ3n) is 1.45. The van der Waals surface area contributed by atoms with Gasteiger partial charge in [-0.25, -0.2) is 4.74 Å². The van der Waals surface area contributed by atoms with Gasteiger partial charge in [-0.1, -0.05) is 12.2 Å². The van der Waals surface area contributed by atoms with Gasteiger partial charge in [-0.05, 0) is 0 Å². The molecule has 0 atom stereocenters. The van der Waals surface area contributed by atoms with Gasteiger partial charge in [-0.2, -0.15) is 0 Å². The van der Waals surface area contributed by atoms with E-state index in [2.05, 4.69) is 24.1 Å². The summed E-state index contributed by atoms with van der Waals surface area (Å²) in [4.78, 5) is 0. The van der Waals surface area contributed by atoms with Gasteiger partial charge in [0.25, 0.3) is 0 Å². The molecule has 0 aliphatic rings. The molecule has 0 bridgehead atoms. The van der Waals surface area contributed by atoms with E-state index in [1.54, 1.807) is 0 Å². The summed E-state index contributed by atoms with van der Waals surface area (Å²) in [5.74, 6) is 0. The molecule has 0 aromatic rings. The summed E-state index contributed by atoms with van der Waals surface area (Å²) in [6, 6.07) is 0. The standard InChI is InChI=1S/C8H18N4O/c1-8(3-6-12(2)13)7-11-10-5-4-9/h10-11H,1-7,9H2. The van der Waals surface area contributed by atoms with Crippen LogP contribution in [0.3, 0.4) is 0 Å². The first kappa shape index (κ1) is 12.1. The zero-order chi connectivity index (χ0) is 10.1. The summed E-state index contributed by atoms with van der Waals surface area (Å²) in [5.41, 5.74) is 12.1. The molecular weight excluding hydrogens is 168 g/mol. The van der Waals surface area contributed by atoms with E-state index in [4.69, 9.17) is 5.73 Å². The topological polar surface area (TPSA) is 76.2 Å². The van der Waals surface area contributed by atoms with Crippen LogP contribution in [0.15, 0.2) is 12.2 Å². The molecule has 0 saturated carbocycles. The van der Waals surface area contributed by atoms with Crippen molar-refractivity contribution in [3.8, 4) is 0 Å². The zero-order valence-corrected chi connectivity index (χ0v) is 7.88. The second kappa shape index (κ2) is 7.72. The van der Waals surface area contributed by atoms with Gasteiger partial charge in [-0.15, -0.1) is 0 Å². The molecule has 0 fully saturated rings. The minimum atomic E-state index is 0.386. The number of hydrogen-bond donors (Lipinski definition) is 3. The van der Waals surface area contributed by atoms with E-state index in [-0.39, 0.29) is 0 Å². The molecule has 0 spiro atoms. The third kappa shape index (κ3) is 9.00. The Morgan fingerprint density at radius 3 is 2.69 bits per heavy atom. The predicted octanol–water partition coefficient (Wildman–Crippen LogP) is -0.803. The van der Waals surface area contributed by atoms with Crippen molar-refractivity contribution in [2.24, 2.45) is 5.73 Å². The first-order valence-corrected chi connectivity index (χ1v) is 4.24. The highest BCUT2D eigenvalue weighted by atomic mass is 16.5. The number of nitrogens with zero attached hydrogens (tertiary/aromatic N) is 1. The quantitative estimate of drug-likeness (QED) is 0.116. The number of hydrazine groups is 1. The van der Waals surface area contributed by atoms with Gasteiger partial charge in [0.15, 0.2) is 6.54 Å². The Labute approximate surface area is 78.9 Å². The van der Waals surface area contributed by atoms with Gasteiger partial charge in [0, 0.05) is 26.1 Å². The van der Waals surface area contributed by atoms with Crippen molar-refractivity contribution in [3.05, 3.63) is 17.4 Å². The molecule has 0 aliphatic heterocycles. The molecule has 0 aromatic heterocycles. The molecular formula is C8H18N4O. The maximum Gasteiger partial charge on any atom is 0.156 e. The van der Waals surface area contributed by atoms with Crippen molar-refractivity contribution in [2.75, 3.05) is 26.2 Å². The van der Waals surface area contributed by atoms with E-state index in [0.717, 1.165) is 12.1 Å². The fourth-order valence-electron chi connectivity index (χ4n) is 0.719. The fourth-order valence-corrected chi connectivity index (χ4v) is 0.719. The van der Waals surface area contributed by atoms with Crippen molar-refractivity contribution < 1.29 is 4.74 Å². The number of rotatable bonds is 8. The molecule has 0 rings (SSSR count). The van der Waals surface area contributed by atoms with Crippen LogP contribution in [-0.4, -0.2) is 37.6 Å². The number of hydroxylamine groups is 1. The number of nitrogens with two attached hydrogens (primary N) is 1. The van der Waals surface area contributed by atoms with Gasteiger partial charge in [-0.3, -0.25) is 10.9 Å². The lowest BCUT2D eigenvalue weighted by Crippen LogP contribution is -2.37. The molecule has 0 saturated heterocycles. The SMILES string of the molecule is C=C(CC[N+](=C)[O-])CNNCCN. The Hall–Kier alpha value is -0.910. The average Bonchev–Trinajstić information content (AvgIpc) is 2.09. The van der Waals surface area contributed by atoms with Crippen LogP contribution >= 0.6 is 0 Å². The molecule has 0 unspecified atom stereocenters. The van der Waals surface area contributed by atoms with Gasteiger partial charge >= 0.3 is 0 Å². The average molecular weight is 186 g/mol. The Morgan fingerprint density at radius 1 is 1.46 bits per heavy atom. The van der Waals surface area contributed by atoms with Gasteiger partial charge in [0.05, 0.1) is 0 Å². The fraction of sp³-hybridized carbons (Fsp3) is 0.625. The monoisotopic (exact) mass is 186 g/mol. The number of nitrogens with one attached hydrogen (secondary N) is 2. The first-order chi connectivity index (χ1) is 6.16. The van der Waals surface area contributed by atoms with Crippen LogP contribution in [-0.2, 0) is 0 Å². The van der Waals surface area contributed by atoms with Crippen LogP contribution in [0.1, 0.15) is 6.42 Å². The summed E-state index contributed by atoms with van der Waals surface area (Å²) in [6.45, 7) is 9.34. The number of hydrogen-bond acceptors (Lipinski definition) is 4. The minimum absolute atomic E-state index is 0.386. The Kier molecular flexibility index (Phi) is 7.18. The van der Waals surface area contributed by atoms with Crippen LogP contribution in [0.4, 0.5) is 0 Å². The van der Waals surface area contributed by atoms with Crippen LogP contribution in [0.5, 0.6) is 0 Å². The Bertz CT molecular complexity index is 170. The molecule has 0 aliphatic carbocycles. The highest BCUT2D eigenvalue weighted by molar-refractivity contribution is 5.14. The van der Waals surface area contributed by atoms with Crippen molar-refractivity contribution >= 4 is 6.72 Å². The van der Waals surface area contributed by atoms with E-state index in [0.29, 0.717) is 30.8 Å². The molecule has 5 heteroatoms. The van der Waals surface area contributed by atoms with Crippen molar-refractivity contribution in [1.82, 2.24) is 10.9 Å². The second-order valence-corrected chi connectivity index (χ2v) is 2.77. The molecule has 0 amide bonds. The first-order valence-electron chi connectivity index (χ1n) is 4.24. The smallest absolute Gasteiger partial charge is 0.156 e. The minimum Gasteiger partial charge on any atom is -0.624 e. The molecule has 0 aromatic carbocycles. The summed E-state index contributed by atoms with van der Waals surface area (Å²) < 4.78 is 0.651. The molecule has 0 radical (unpaired) electrons. The molecule has 4 N–H and O–H groups in total. The van der Waals surface area contributed by atoms with E-state index < -0.39 is 0 Å². The highest BCUT2D eigenvalue weighted by Crippen LogP contribution is 1.94. The van der Waals surface area contributed by atoms with Gasteiger partial charge in [0.1, 0.15) is 6.72 Å². The van der Waals surface area contributed by atoms with Gasteiger partial charge in [0.2, 0.25) is 0 Å². The molecule has 76 valence electrons. The maximum atomic E-state index is 10.4. The lowest BCUT2D eigenvalue weighted by Gasteiger charge is -2.07. The highest BCUT2D eigenvalue weighted by Gasteiger charge is 1.96. The van der Waals surface area contributed by atoms with Crippen LogP contribution in [0, 0.1) is 5.21 Å². The Morgan fingerprint density at radius 2 is 2.15 bits per heavy atom. The van der Waals surface area contributed by atoms with Crippen molar-refractivity contribution in [1.29, 1.82) is 0 Å². The third-order valence-corrected chi connectivity index (χ3v) is 1.45.